The summed E-state index contributed by atoms with van der Waals surface area (Å²) in [4.78, 5) is 9.01. The van der Waals surface area contributed by atoms with Gasteiger partial charge < -0.3 is 0 Å². The molecule has 0 radical (unpaired) electrons. The van der Waals surface area contributed by atoms with E-state index in [1.165, 1.54) is 6.26 Å². The zero-order valence-electron chi connectivity index (χ0n) is 12.7. The average molecular weight is 337 g/mol. The van der Waals surface area contributed by atoms with Gasteiger partial charge in [0, 0.05) is 30.4 Å². The van der Waals surface area contributed by atoms with Crippen LogP contribution >= 0.6 is 11.3 Å². The first-order valence-electron chi connectivity index (χ1n) is 7.25. The van der Waals surface area contributed by atoms with Crippen molar-refractivity contribution in [2.75, 3.05) is 19.3 Å². The van der Waals surface area contributed by atoms with Crippen LogP contribution in [0.3, 0.4) is 0 Å². The van der Waals surface area contributed by atoms with Gasteiger partial charge in [0.15, 0.2) is 0 Å². The molecule has 7 heteroatoms. The molecular formula is C15H19N3O2S2. The van der Waals surface area contributed by atoms with Crippen molar-refractivity contribution in [3.63, 3.8) is 0 Å². The molecule has 2 aromatic heterocycles. The van der Waals surface area contributed by atoms with E-state index in [0.717, 1.165) is 34.8 Å². The van der Waals surface area contributed by atoms with Crippen LogP contribution in [0, 0.1) is 12.8 Å². The molecule has 0 spiro atoms. The number of sulfonamides is 1. The topological polar surface area (TPSA) is 63.2 Å². The zero-order chi connectivity index (χ0) is 15.7. The fourth-order valence-corrected chi connectivity index (χ4v) is 4.58. The third-order valence-electron chi connectivity index (χ3n) is 3.94. The quantitative estimate of drug-likeness (QED) is 0.859. The van der Waals surface area contributed by atoms with Crippen LogP contribution in [0.5, 0.6) is 0 Å². The summed E-state index contributed by atoms with van der Waals surface area (Å²) in [7, 11) is -3.08. The Balaban J connectivity index is 1.80. The summed E-state index contributed by atoms with van der Waals surface area (Å²) in [5, 5.41) is 2.96. The second-order valence-electron chi connectivity index (χ2n) is 5.79. The molecule has 3 heterocycles. The third kappa shape index (κ3) is 3.37. The normalized spacial score (nSPS) is 19.6. The lowest BCUT2D eigenvalue weighted by atomic mass is 9.98. The number of rotatable bonds is 4. The molecule has 3 rings (SSSR count). The van der Waals surface area contributed by atoms with Gasteiger partial charge >= 0.3 is 0 Å². The second-order valence-corrected chi connectivity index (χ2v) is 8.63. The van der Waals surface area contributed by atoms with Crippen molar-refractivity contribution in [1.82, 2.24) is 14.3 Å². The summed E-state index contributed by atoms with van der Waals surface area (Å²) in [5.41, 5.74) is 3.08. The molecule has 0 unspecified atom stereocenters. The lowest BCUT2D eigenvalue weighted by molar-refractivity contribution is 0.460. The fraction of sp³-hybridized carbons (Fsp3) is 0.467. The van der Waals surface area contributed by atoms with E-state index >= 15 is 0 Å². The molecule has 22 heavy (non-hydrogen) atoms. The third-order valence-corrected chi connectivity index (χ3v) is 6.18. The van der Waals surface area contributed by atoms with E-state index in [2.05, 4.69) is 16.0 Å². The van der Waals surface area contributed by atoms with Crippen molar-refractivity contribution in [2.24, 2.45) is 5.92 Å². The molecule has 1 aliphatic heterocycles. The van der Waals surface area contributed by atoms with Crippen LogP contribution in [0.2, 0.25) is 0 Å². The van der Waals surface area contributed by atoms with E-state index < -0.39 is 10.0 Å². The highest BCUT2D eigenvalue weighted by Crippen LogP contribution is 2.29. The second kappa shape index (κ2) is 6.06. The van der Waals surface area contributed by atoms with Gasteiger partial charge in [0.1, 0.15) is 10.7 Å². The van der Waals surface area contributed by atoms with E-state index in [9.17, 15) is 8.42 Å². The largest absolute Gasteiger partial charge is 0.253 e. The maximum absolute atomic E-state index is 11.6. The van der Waals surface area contributed by atoms with Crippen molar-refractivity contribution in [2.45, 2.75) is 19.8 Å². The Morgan fingerprint density at radius 1 is 1.45 bits per heavy atom. The molecule has 1 saturated heterocycles. The molecule has 1 atom stereocenters. The summed E-state index contributed by atoms with van der Waals surface area (Å²) < 4.78 is 24.8. The first-order valence-corrected chi connectivity index (χ1v) is 9.98. The minimum absolute atomic E-state index is 0.346. The van der Waals surface area contributed by atoms with Gasteiger partial charge in [-0.15, -0.1) is 11.3 Å². The number of pyridine rings is 1. The highest BCUT2D eigenvalue weighted by molar-refractivity contribution is 7.88. The van der Waals surface area contributed by atoms with Crippen LogP contribution < -0.4 is 0 Å². The summed E-state index contributed by atoms with van der Waals surface area (Å²) >= 11 is 1.60. The summed E-state index contributed by atoms with van der Waals surface area (Å²) in [6.07, 6.45) is 4.81. The molecule has 118 valence electrons. The van der Waals surface area contributed by atoms with Crippen molar-refractivity contribution in [3.8, 4) is 10.7 Å². The standard InChI is InChI=1S/C15H19N3O2S2/c1-11-10-21-15(17-11)14-13(4-3-6-16-14)8-12-5-7-18(9-12)22(2,19)20/h3-4,6,10,12H,5,7-9H2,1-2H3/t12-/m1/s1. The molecule has 5 nitrogen and oxygen atoms in total. The van der Waals surface area contributed by atoms with E-state index in [1.807, 2.05) is 18.4 Å². The van der Waals surface area contributed by atoms with Gasteiger partial charge in [-0.2, -0.15) is 0 Å². The van der Waals surface area contributed by atoms with E-state index in [0.29, 0.717) is 19.0 Å². The van der Waals surface area contributed by atoms with Crippen molar-refractivity contribution < 1.29 is 8.42 Å². The Kier molecular flexibility index (Phi) is 4.29. The molecule has 0 saturated carbocycles. The highest BCUT2D eigenvalue weighted by atomic mass is 32.2. The Hall–Kier alpha value is -1.31. The van der Waals surface area contributed by atoms with Crippen LogP contribution in [0.1, 0.15) is 17.7 Å². The van der Waals surface area contributed by atoms with Crippen molar-refractivity contribution >= 4 is 21.4 Å². The van der Waals surface area contributed by atoms with Crippen LogP contribution in [-0.2, 0) is 16.4 Å². The Labute approximate surface area is 135 Å². The zero-order valence-corrected chi connectivity index (χ0v) is 14.3. The van der Waals surface area contributed by atoms with Gasteiger partial charge in [0.25, 0.3) is 0 Å². The lowest BCUT2D eigenvalue weighted by Gasteiger charge is -2.14. The number of thiazole rings is 1. The predicted molar refractivity (Wildman–Crippen MR) is 88.3 cm³/mol. The maximum Gasteiger partial charge on any atom is 0.211 e. The molecule has 2 aromatic rings. The molecular weight excluding hydrogens is 318 g/mol. The van der Waals surface area contributed by atoms with E-state index in [-0.39, 0.29) is 0 Å². The molecule has 1 fully saturated rings. The predicted octanol–water partition coefficient (Wildman–Crippen LogP) is 2.34. The van der Waals surface area contributed by atoms with Crippen molar-refractivity contribution in [3.05, 3.63) is 35.0 Å². The van der Waals surface area contributed by atoms with Crippen LogP contribution in [0.4, 0.5) is 0 Å². The first-order chi connectivity index (χ1) is 10.4. The number of hydrogen-bond acceptors (Lipinski definition) is 5. The van der Waals surface area contributed by atoms with E-state index in [1.54, 1.807) is 21.8 Å². The monoisotopic (exact) mass is 337 g/mol. The number of nitrogens with zero attached hydrogens (tertiary/aromatic N) is 3. The number of aryl methyl sites for hydroxylation is 1. The Bertz CT molecular complexity index is 771. The van der Waals surface area contributed by atoms with Gasteiger partial charge in [0.2, 0.25) is 10.0 Å². The summed E-state index contributed by atoms with van der Waals surface area (Å²) in [6, 6.07) is 4.00. The molecule has 0 bridgehead atoms. The maximum atomic E-state index is 11.6. The van der Waals surface area contributed by atoms with Gasteiger partial charge in [-0.1, -0.05) is 6.07 Å². The Morgan fingerprint density at radius 3 is 2.91 bits per heavy atom. The smallest absolute Gasteiger partial charge is 0.211 e. The SMILES string of the molecule is Cc1csc(-c2ncccc2C[C@H]2CCN(S(C)(=O)=O)C2)n1. The van der Waals surface area contributed by atoms with Crippen LogP contribution in [-0.4, -0.2) is 42.0 Å². The molecule has 0 aromatic carbocycles. The summed E-state index contributed by atoms with van der Waals surface area (Å²) in [5.74, 6) is 0.346. The Morgan fingerprint density at radius 2 is 2.27 bits per heavy atom. The molecule has 0 aliphatic carbocycles. The van der Waals surface area contributed by atoms with Gasteiger partial charge in [0.05, 0.1) is 6.26 Å². The van der Waals surface area contributed by atoms with Crippen LogP contribution in [0.25, 0.3) is 10.7 Å². The fourth-order valence-electron chi connectivity index (χ4n) is 2.83. The lowest BCUT2D eigenvalue weighted by Crippen LogP contribution is -2.27. The molecule has 1 aliphatic rings. The molecule has 0 N–H and O–H groups in total. The van der Waals surface area contributed by atoms with Crippen LogP contribution in [0.15, 0.2) is 23.7 Å². The van der Waals surface area contributed by atoms with Gasteiger partial charge in [-0.25, -0.2) is 17.7 Å². The minimum Gasteiger partial charge on any atom is -0.253 e. The first kappa shape index (κ1) is 15.6. The molecule has 0 amide bonds. The highest BCUT2D eigenvalue weighted by Gasteiger charge is 2.29. The van der Waals surface area contributed by atoms with Gasteiger partial charge in [-0.05, 0) is 37.3 Å². The minimum atomic E-state index is -3.08. The summed E-state index contributed by atoms with van der Waals surface area (Å²) in [6.45, 7) is 3.20. The number of hydrogen-bond donors (Lipinski definition) is 0. The van der Waals surface area contributed by atoms with Gasteiger partial charge in [-0.3, -0.25) is 4.98 Å². The van der Waals surface area contributed by atoms with Crippen molar-refractivity contribution in [1.29, 1.82) is 0 Å². The average Bonchev–Trinajstić information content (AvgIpc) is 3.08. The number of aromatic nitrogens is 2. The van der Waals surface area contributed by atoms with E-state index in [4.69, 9.17) is 0 Å².